The highest BCUT2D eigenvalue weighted by Gasteiger charge is 2.29. The van der Waals surface area contributed by atoms with Crippen LogP contribution in [0.25, 0.3) is 0 Å². The van der Waals surface area contributed by atoms with E-state index in [2.05, 4.69) is 29.2 Å². The van der Waals surface area contributed by atoms with Gasteiger partial charge in [0.25, 0.3) is 5.91 Å². The maximum Gasteiger partial charge on any atom is 0.253 e. The van der Waals surface area contributed by atoms with Crippen LogP contribution in [-0.2, 0) is 13.0 Å². The summed E-state index contributed by atoms with van der Waals surface area (Å²) in [5.41, 5.74) is 3.71. The number of nitrogens with zero attached hydrogens (tertiary/aromatic N) is 2. The third-order valence-electron chi connectivity index (χ3n) is 5.77. The number of fused-ring (bicyclic) bond motifs is 1. The summed E-state index contributed by atoms with van der Waals surface area (Å²) in [7, 11) is 1.64. The van der Waals surface area contributed by atoms with Crippen molar-refractivity contribution in [3.05, 3.63) is 65.2 Å². The second-order valence-electron chi connectivity index (χ2n) is 7.24. The predicted octanol–water partition coefficient (Wildman–Crippen LogP) is 3.36. The summed E-state index contributed by atoms with van der Waals surface area (Å²) >= 11 is 0. The van der Waals surface area contributed by atoms with Crippen LogP contribution in [-0.4, -0.2) is 48.5 Å². The van der Waals surface area contributed by atoms with Crippen molar-refractivity contribution in [3.8, 4) is 5.75 Å². The molecule has 0 atom stereocenters. The number of benzene rings is 2. The molecule has 4 rings (SSSR count). The Bertz CT molecular complexity index is 764. The lowest BCUT2D eigenvalue weighted by Gasteiger charge is -2.40. The minimum absolute atomic E-state index is 0.134. The minimum atomic E-state index is 0.134. The number of hydrogen-bond donors (Lipinski definition) is 0. The average Bonchev–Trinajstić information content (AvgIpc) is 2.73. The van der Waals surface area contributed by atoms with Crippen molar-refractivity contribution in [2.75, 3.05) is 26.7 Å². The van der Waals surface area contributed by atoms with Gasteiger partial charge in [-0.3, -0.25) is 9.69 Å². The zero-order chi connectivity index (χ0) is 17.9. The molecular weight excluding hydrogens is 324 g/mol. The fraction of sp³-hybridized carbons (Fsp3) is 0.409. The molecule has 0 aliphatic carbocycles. The van der Waals surface area contributed by atoms with E-state index in [0.717, 1.165) is 56.8 Å². The highest BCUT2D eigenvalue weighted by Crippen LogP contribution is 2.25. The summed E-state index contributed by atoms with van der Waals surface area (Å²) in [5, 5.41) is 0. The molecule has 1 saturated heterocycles. The molecule has 0 saturated carbocycles. The lowest BCUT2D eigenvalue weighted by Crippen LogP contribution is -2.48. The third kappa shape index (κ3) is 3.47. The van der Waals surface area contributed by atoms with Crippen LogP contribution in [0.3, 0.4) is 0 Å². The topological polar surface area (TPSA) is 32.8 Å². The molecule has 2 heterocycles. The van der Waals surface area contributed by atoms with Crippen LogP contribution in [0.4, 0.5) is 0 Å². The number of hydrogen-bond acceptors (Lipinski definition) is 3. The summed E-state index contributed by atoms with van der Waals surface area (Å²) in [6, 6.07) is 16.8. The van der Waals surface area contributed by atoms with Crippen molar-refractivity contribution in [1.29, 1.82) is 0 Å². The molecule has 0 spiro atoms. The molecule has 2 aliphatic rings. The van der Waals surface area contributed by atoms with E-state index < -0.39 is 0 Å². The minimum Gasteiger partial charge on any atom is -0.497 e. The highest BCUT2D eigenvalue weighted by atomic mass is 16.5. The van der Waals surface area contributed by atoms with Crippen LogP contribution in [0.5, 0.6) is 5.75 Å². The summed E-state index contributed by atoms with van der Waals surface area (Å²) in [4.78, 5) is 17.3. The van der Waals surface area contributed by atoms with E-state index in [1.165, 1.54) is 11.1 Å². The van der Waals surface area contributed by atoms with Crippen LogP contribution in [0.15, 0.2) is 48.5 Å². The predicted molar refractivity (Wildman–Crippen MR) is 102 cm³/mol. The van der Waals surface area contributed by atoms with Gasteiger partial charge in [-0.25, -0.2) is 0 Å². The fourth-order valence-electron chi connectivity index (χ4n) is 4.18. The highest BCUT2D eigenvalue weighted by molar-refractivity contribution is 5.94. The van der Waals surface area contributed by atoms with Gasteiger partial charge in [-0.05, 0) is 54.7 Å². The monoisotopic (exact) mass is 350 g/mol. The molecular formula is C22H26N2O2. The second-order valence-corrected chi connectivity index (χ2v) is 7.24. The normalized spacial score (nSPS) is 18.4. The van der Waals surface area contributed by atoms with Crippen LogP contribution in [0.1, 0.15) is 34.3 Å². The molecule has 0 unspecified atom stereocenters. The Morgan fingerprint density at radius 3 is 2.35 bits per heavy atom. The van der Waals surface area contributed by atoms with Gasteiger partial charge < -0.3 is 9.64 Å². The number of rotatable bonds is 3. The van der Waals surface area contributed by atoms with E-state index in [1.54, 1.807) is 7.11 Å². The molecule has 4 nitrogen and oxygen atoms in total. The van der Waals surface area contributed by atoms with Crippen LogP contribution >= 0.6 is 0 Å². The number of likely N-dealkylation sites (tertiary alicyclic amines) is 1. The summed E-state index contributed by atoms with van der Waals surface area (Å²) in [6.45, 7) is 3.86. The zero-order valence-electron chi connectivity index (χ0n) is 15.4. The summed E-state index contributed by atoms with van der Waals surface area (Å²) in [6.07, 6.45) is 3.26. The lowest BCUT2D eigenvalue weighted by molar-refractivity contribution is 0.0599. The van der Waals surface area contributed by atoms with E-state index in [-0.39, 0.29) is 5.91 Å². The summed E-state index contributed by atoms with van der Waals surface area (Å²) in [5.74, 6) is 0.917. The Morgan fingerprint density at radius 2 is 1.65 bits per heavy atom. The van der Waals surface area contributed by atoms with Gasteiger partial charge in [0.2, 0.25) is 0 Å². The van der Waals surface area contributed by atoms with Crippen LogP contribution < -0.4 is 4.74 Å². The Hall–Kier alpha value is -2.33. The van der Waals surface area contributed by atoms with Crippen molar-refractivity contribution in [3.63, 3.8) is 0 Å². The largest absolute Gasteiger partial charge is 0.497 e. The second kappa shape index (κ2) is 7.50. The van der Waals surface area contributed by atoms with Crippen LogP contribution in [0, 0.1) is 0 Å². The molecule has 4 heteroatoms. The number of amides is 1. The number of piperidine rings is 1. The quantitative estimate of drug-likeness (QED) is 0.851. The Labute approximate surface area is 155 Å². The van der Waals surface area contributed by atoms with Crippen molar-refractivity contribution in [1.82, 2.24) is 9.80 Å². The van der Waals surface area contributed by atoms with Crippen molar-refractivity contribution >= 4 is 5.91 Å². The molecule has 0 bridgehead atoms. The fourth-order valence-corrected chi connectivity index (χ4v) is 4.18. The first-order chi connectivity index (χ1) is 12.7. The molecule has 0 radical (unpaired) electrons. The molecule has 0 aromatic heterocycles. The van der Waals surface area contributed by atoms with Gasteiger partial charge >= 0.3 is 0 Å². The molecule has 136 valence electrons. The van der Waals surface area contributed by atoms with Gasteiger partial charge in [0.15, 0.2) is 0 Å². The van der Waals surface area contributed by atoms with Crippen molar-refractivity contribution in [2.45, 2.75) is 31.8 Å². The van der Waals surface area contributed by atoms with E-state index in [4.69, 9.17) is 4.74 Å². The zero-order valence-corrected chi connectivity index (χ0v) is 15.4. The van der Waals surface area contributed by atoms with Crippen LogP contribution in [0.2, 0.25) is 0 Å². The van der Waals surface area contributed by atoms with Gasteiger partial charge in [-0.2, -0.15) is 0 Å². The van der Waals surface area contributed by atoms with Gasteiger partial charge in [-0.1, -0.05) is 24.3 Å². The SMILES string of the molecule is COc1ccc(C(=O)N2CCC(N3CCc4ccccc4C3)CC2)cc1. The van der Waals surface area contributed by atoms with E-state index in [0.29, 0.717) is 6.04 Å². The first-order valence-electron chi connectivity index (χ1n) is 9.49. The first kappa shape index (κ1) is 17.1. The number of carbonyl (C=O) groups is 1. The van der Waals surface area contributed by atoms with Gasteiger partial charge in [0.1, 0.15) is 5.75 Å². The van der Waals surface area contributed by atoms with Crippen molar-refractivity contribution < 1.29 is 9.53 Å². The standard InChI is InChI=1S/C22H26N2O2/c1-26-21-8-6-18(7-9-21)22(25)23-14-11-20(12-15-23)24-13-10-17-4-2-3-5-19(17)16-24/h2-9,20H,10-16H2,1H3. The third-order valence-corrected chi connectivity index (χ3v) is 5.77. The van der Waals surface area contributed by atoms with E-state index >= 15 is 0 Å². The maximum absolute atomic E-state index is 12.7. The van der Waals surface area contributed by atoms with Gasteiger partial charge in [0.05, 0.1) is 7.11 Å². The van der Waals surface area contributed by atoms with Crippen molar-refractivity contribution in [2.24, 2.45) is 0 Å². The number of carbonyl (C=O) groups excluding carboxylic acids is 1. The van der Waals surface area contributed by atoms with E-state index in [1.807, 2.05) is 29.2 Å². The van der Waals surface area contributed by atoms with Gasteiger partial charge in [0, 0.05) is 37.8 Å². The Kier molecular flexibility index (Phi) is 4.93. The first-order valence-corrected chi connectivity index (χ1v) is 9.49. The Morgan fingerprint density at radius 1 is 0.962 bits per heavy atom. The molecule has 0 N–H and O–H groups in total. The lowest BCUT2D eigenvalue weighted by atomic mass is 9.95. The molecule has 2 aromatic rings. The number of methoxy groups -OCH3 is 1. The molecule has 1 fully saturated rings. The number of ether oxygens (including phenoxy) is 1. The molecule has 1 amide bonds. The molecule has 26 heavy (non-hydrogen) atoms. The smallest absolute Gasteiger partial charge is 0.253 e. The molecule has 2 aromatic carbocycles. The molecule has 2 aliphatic heterocycles. The van der Waals surface area contributed by atoms with Gasteiger partial charge in [-0.15, -0.1) is 0 Å². The summed E-state index contributed by atoms with van der Waals surface area (Å²) < 4.78 is 5.17. The maximum atomic E-state index is 12.7. The van der Waals surface area contributed by atoms with E-state index in [9.17, 15) is 4.79 Å². The average molecular weight is 350 g/mol. The Balaban J connectivity index is 1.34.